The maximum Gasteiger partial charge on any atom is 0.142 e. The van der Waals surface area contributed by atoms with E-state index in [0.29, 0.717) is 6.54 Å². The van der Waals surface area contributed by atoms with Crippen molar-refractivity contribution >= 4 is 17.3 Å². The third-order valence-electron chi connectivity index (χ3n) is 2.25. The van der Waals surface area contributed by atoms with Crippen LogP contribution in [0.15, 0.2) is 48.5 Å². The first-order valence-electron chi connectivity index (χ1n) is 4.98. The van der Waals surface area contributed by atoms with Crippen LogP contribution in [0.4, 0.5) is 10.1 Å². The van der Waals surface area contributed by atoms with Gasteiger partial charge in [-0.2, -0.15) is 0 Å². The molecule has 16 heavy (non-hydrogen) atoms. The number of hydrogen-bond acceptors (Lipinski definition) is 1. The van der Waals surface area contributed by atoms with Crippen molar-refractivity contribution < 1.29 is 4.39 Å². The van der Waals surface area contributed by atoms with Crippen LogP contribution in [0.25, 0.3) is 0 Å². The second kappa shape index (κ2) is 4.99. The third kappa shape index (κ3) is 2.74. The summed E-state index contributed by atoms with van der Waals surface area (Å²) in [5, 5.41) is 3.35. The molecule has 0 radical (unpaired) electrons. The van der Waals surface area contributed by atoms with Crippen molar-refractivity contribution in [1.82, 2.24) is 0 Å². The molecule has 0 amide bonds. The molecule has 0 aliphatic rings. The highest BCUT2D eigenvalue weighted by atomic mass is 35.5. The monoisotopic (exact) mass is 235 g/mol. The van der Waals surface area contributed by atoms with E-state index in [1.165, 1.54) is 6.07 Å². The van der Waals surface area contributed by atoms with Crippen molar-refractivity contribution in [3.8, 4) is 0 Å². The van der Waals surface area contributed by atoms with Crippen LogP contribution in [-0.4, -0.2) is 0 Å². The summed E-state index contributed by atoms with van der Waals surface area (Å²) in [4.78, 5) is 0. The molecule has 0 saturated heterocycles. The van der Waals surface area contributed by atoms with Gasteiger partial charge in [0, 0.05) is 12.2 Å². The molecule has 0 aliphatic carbocycles. The number of benzene rings is 2. The highest BCUT2D eigenvalue weighted by Crippen LogP contribution is 2.16. The lowest BCUT2D eigenvalue weighted by atomic mass is 10.2. The van der Waals surface area contributed by atoms with Crippen molar-refractivity contribution in [3.63, 3.8) is 0 Å². The minimum Gasteiger partial charge on any atom is -0.381 e. The molecule has 0 bridgehead atoms. The Balaban J connectivity index is 2.03. The number of nitrogens with one attached hydrogen (secondary N) is 1. The SMILES string of the molecule is Fc1cc(CNc2ccccc2)ccc1Cl. The smallest absolute Gasteiger partial charge is 0.142 e. The predicted octanol–water partition coefficient (Wildman–Crippen LogP) is 4.09. The van der Waals surface area contributed by atoms with Crippen molar-refractivity contribution in [2.45, 2.75) is 6.54 Å². The number of rotatable bonds is 3. The Morgan fingerprint density at radius 2 is 1.81 bits per heavy atom. The molecule has 0 heterocycles. The van der Waals surface area contributed by atoms with E-state index >= 15 is 0 Å². The Labute approximate surface area is 98.9 Å². The topological polar surface area (TPSA) is 12.0 Å². The fourth-order valence-electron chi connectivity index (χ4n) is 1.41. The first kappa shape index (κ1) is 11.0. The Morgan fingerprint density at radius 1 is 1.06 bits per heavy atom. The molecule has 82 valence electrons. The first-order chi connectivity index (χ1) is 7.75. The number of anilines is 1. The van der Waals surface area contributed by atoms with Crippen LogP contribution in [0.3, 0.4) is 0 Å². The summed E-state index contributed by atoms with van der Waals surface area (Å²) < 4.78 is 13.1. The largest absolute Gasteiger partial charge is 0.381 e. The van der Waals surface area contributed by atoms with E-state index in [9.17, 15) is 4.39 Å². The van der Waals surface area contributed by atoms with Crippen LogP contribution in [0.1, 0.15) is 5.56 Å². The van der Waals surface area contributed by atoms with Gasteiger partial charge in [0.05, 0.1) is 5.02 Å². The molecule has 3 heteroatoms. The molecule has 0 atom stereocenters. The molecule has 0 aromatic heterocycles. The van der Waals surface area contributed by atoms with Crippen LogP contribution < -0.4 is 5.32 Å². The summed E-state index contributed by atoms with van der Waals surface area (Å²) in [7, 11) is 0. The van der Waals surface area contributed by atoms with Crippen LogP contribution in [0.5, 0.6) is 0 Å². The fourth-order valence-corrected chi connectivity index (χ4v) is 1.53. The van der Waals surface area contributed by atoms with E-state index < -0.39 is 0 Å². The second-order valence-corrected chi connectivity index (χ2v) is 3.88. The van der Waals surface area contributed by atoms with Gasteiger partial charge in [-0.3, -0.25) is 0 Å². The molecule has 0 saturated carbocycles. The van der Waals surface area contributed by atoms with Gasteiger partial charge < -0.3 is 5.32 Å². The Kier molecular flexibility index (Phi) is 3.42. The predicted molar refractivity (Wildman–Crippen MR) is 65.2 cm³/mol. The van der Waals surface area contributed by atoms with Gasteiger partial charge in [-0.25, -0.2) is 4.39 Å². The first-order valence-corrected chi connectivity index (χ1v) is 5.36. The van der Waals surface area contributed by atoms with Gasteiger partial charge in [-0.05, 0) is 29.8 Å². The maximum atomic E-state index is 13.1. The standard InChI is InChI=1S/C13H11ClFN/c14-12-7-6-10(8-13(12)15)9-16-11-4-2-1-3-5-11/h1-8,16H,9H2. The normalized spacial score (nSPS) is 10.1. The lowest BCUT2D eigenvalue weighted by molar-refractivity contribution is 0.626. The molecular weight excluding hydrogens is 225 g/mol. The molecule has 2 rings (SSSR count). The Hall–Kier alpha value is -1.54. The molecule has 2 aromatic rings. The summed E-state index contributed by atoms with van der Waals surface area (Å²) in [6.45, 7) is 0.581. The zero-order valence-corrected chi connectivity index (χ0v) is 9.34. The van der Waals surface area contributed by atoms with Crippen LogP contribution >= 0.6 is 11.6 Å². The van der Waals surface area contributed by atoms with Crippen LogP contribution in [-0.2, 0) is 6.54 Å². The lowest BCUT2D eigenvalue weighted by Gasteiger charge is -2.06. The van der Waals surface area contributed by atoms with Crippen LogP contribution in [0, 0.1) is 5.82 Å². The number of hydrogen-bond donors (Lipinski definition) is 1. The molecule has 2 aromatic carbocycles. The molecule has 1 N–H and O–H groups in total. The summed E-state index contributed by atoms with van der Waals surface area (Å²) in [5.74, 6) is -0.381. The second-order valence-electron chi connectivity index (χ2n) is 3.47. The molecule has 0 unspecified atom stereocenters. The quantitative estimate of drug-likeness (QED) is 0.845. The van der Waals surface area contributed by atoms with E-state index in [4.69, 9.17) is 11.6 Å². The van der Waals surface area contributed by atoms with Crippen molar-refractivity contribution in [2.75, 3.05) is 5.32 Å². The average molecular weight is 236 g/mol. The average Bonchev–Trinajstić information content (AvgIpc) is 2.32. The van der Waals surface area contributed by atoms with Gasteiger partial charge in [0.25, 0.3) is 0 Å². The number of para-hydroxylation sites is 1. The zero-order chi connectivity index (χ0) is 11.4. The zero-order valence-electron chi connectivity index (χ0n) is 8.58. The highest BCUT2D eigenvalue weighted by Gasteiger charge is 2.00. The molecule has 1 nitrogen and oxygen atoms in total. The lowest BCUT2D eigenvalue weighted by Crippen LogP contribution is -1.99. The molecule has 0 fully saturated rings. The van der Waals surface area contributed by atoms with E-state index in [2.05, 4.69) is 5.32 Å². The van der Waals surface area contributed by atoms with Gasteiger partial charge in [-0.1, -0.05) is 35.9 Å². The van der Waals surface area contributed by atoms with Crippen molar-refractivity contribution in [1.29, 1.82) is 0 Å². The molecular formula is C13H11ClFN. The summed E-state index contributed by atoms with van der Waals surface area (Å²) in [5.41, 5.74) is 1.88. The van der Waals surface area contributed by atoms with Gasteiger partial charge in [-0.15, -0.1) is 0 Å². The minimum absolute atomic E-state index is 0.156. The van der Waals surface area contributed by atoms with Gasteiger partial charge in [0.15, 0.2) is 0 Å². The highest BCUT2D eigenvalue weighted by molar-refractivity contribution is 6.30. The van der Waals surface area contributed by atoms with Crippen LogP contribution in [0.2, 0.25) is 5.02 Å². The van der Waals surface area contributed by atoms with E-state index in [0.717, 1.165) is 11.3 Å². The third-order valence-corrected chi connectivity index (χ3v) is 2.56. The van der Waals surface area contributed by atoms with E-state index in [-0.39, 0.29) is 10.8 Å². The Morgan fingerprint density at radius 3 is 2.50 bits per heavy atom. The molecule has 0 aliphatic heterocycles. The minimum atomic E-state index is -0.381. The van der Waals surface area contributed by atoms with Gasteiger partial charge >= 0.3 is 0 Å². The van der Waals surface area contributed by atoms with Crippen molar-refractivity contribution in [2.24, 2.45) is 0 Å². The maximum absolute atomic E-state index is 13.1. The van der Waals surface area contributed by atoms with E-state index in [1.807, 2.05) is 30.3 Å². The fraction of sp³-hybridized carbons (Fsp3) is 0.0769. The van der Waals surface area contributed by atoms with Crippen molar-refractivity contribution in [3.05, 3.63) is 64.9 Å². The van der Waals surface area contributed by atoms with E-state index in [1.54, 1.807) is 12.1 Å². The summed E-state index contributed by atoms with van der Waals surface area (Å²) >= 11 is 5.60. The van der Waals surface area contributed by atoms with Gasteiger partial charge in [0.1, 0.15) is 5.82 Å². The molecule has 0 spiro atoms. The summed E-state index contributed by atoms with van der Waals surface area (Å²) in [6.07, 6.45) is 0. The Bertz CT molecular complexity index is 471. The van der Waals surface area contributed by atoms with Gasteiger partial charge in [0.2, 0.25) is 0 Å². The summed E-state index contributed by atoms with van der Waals surface area (Å²) in [6, 6.07) is 14.6. The number of halogens is 2.